The van der Waals surface area contributed by atoms with Crippen molar-refractivity contribution in [3.05, 3.63) is 72.6 Å². The molecule has 0 aromatic carbocycles. The molecule has 42 heavy (non-hydrogen) atoms. The van der Waals surface area contributed by atoms with Gasteiger partial charge in [-0.1, -0.05) is 11.8 Å². The third-order valence-corrected chi connectivity index (χ3v) is 10.1. The molecule has 0 bridgehead atoms. The minimum absolute atomic E-state index is 0.00924. The normalized spacial score (nSPS) is 18.0. The van der Waals surface area contributed by atoms with E-state index >= 15 is 0 Å². The summed E-state index contributed by atoms with van der Waals surface area (Å²) < 4.78 is 32.3. The number of anilines is 3. The molecule has 2 aliphatic heterocycles. The van der Waals surface area contributed by atoms with E-state index in [1.54, 1.807) is 30.9 Å². The van der Waals surface area contributed by atoms with Gasteiger partial charge in [-0.3, -0.25) is 4.98 Å². The lowest BCUT2D eigenvalue weighted by Crippen LogP contribution is -2.44. The van der Waals surface area contributed by atoms with E-state index in [4.69, 9.17) is 4.74 Å². The van der Waals surface area contributed by atoms with Crippen molar-refractivity contribution in [2.24, 2.45) is 0 Å². The number of pyridine rings is 2. The number of rotatable bonds is 6. The van der Waals surface area contributed by atoms with Crippen LogP contribution >= 0.6 is 0 Å². The van der Waals surface area contributed by atoms with E-state index in [-0.39, 0.29) is 10.9 Å². The lowest BCUT2D eigenvalue weighted by atomic mass is 9.88. The molecule has 11 nitrogen and oxygen atoms in total. The van der Waals surface area contributed by atoms with Gasteiger partial charge in [-0.05, 0) is 56.7 Å². The Morgan fingerprint density at radius 2 is 1.88 bits per heavy atom. The minimum atomic E-state index is -3.46. The third-order valence-electron chi connectivity index (χ3n) is 8.02. The highest BCUT2D eigenvalue weighted by Crippen LogP contribution is 2.38. The van der Waals surface area contributed by atoms with E-state index in [1.807, 2.05) is 18.2 Å². The zero-order valence-electron chi connectivity index (χ0n) is 23.0. The van der Waals surface area contributed by atoms with Crippen LogP contribution in [0, 0.1) is 11.8 Å². The summed E-state index contributed by atoms with van der Waals surface area (Å²) in [7, 11) is -3.46. The quantitative estimate of drug-likeness (QED) is 0.336. The minimum Gasteiger partial charge on any atom is -0.375 e. The van der Waals surface area contributed by atoms with Crippen molar-refractivity contribution in [1.29, 1.82) is 0 Å². The second-order valence-corrected chi connectivity index (χ2v) is 13.0. The molecule has 4 aromatic heterocycles. The summed E-state index contributed by atoms with van der Waals surface area (Å²) in [5, 5.41) is 7.00. The number of hydrogen-bond donors (Lipinski definition) is 1. The number of piperidine rings is 1. The summed E-state index contributed by atoms with van der Waals surface area (Å²) in [5.41, 5.74) is 3.20. The van der Waals surface area contributed by atoms with Crippen LogP contribution in [-0.2, 0) is 14.8 Å². The summed E-state index contributed by atoms with van der Waals surface area (Å²) in [6, 6.07) is 7.55. The van der Waals surface area contributed by atoms with Crippen molar-refractivity contribution in [2.45, 2.75) is 49.4 Å². The van der Waals surface area contributed by atoms with Crippen LogP contribution in [-0.4, -0.2) is 68.1 Å². The average Bonchev–Trinajstić information content (AvgIpc) is 3.60. The van der Waals surface area contributed by atoms with Crippen LogP contribution < -0.4 is 10.2 Å². The molecule has 1 aliphatic carbocycles. The lowest BCUT2D eigenvalue weighted by Gasteiger charge is -2.40. The predicted octanol–water partition coefficient (Wildman–Crippen LogP) is 3.76. The van der Waals surface area contributed by atoms with Gasteiger partial charge in [0.2, 0.25) is 0 Å². The Morgan fingerprint density at radius 1 is 1.00 bits per heavy atom. The molecular weight excluding hydrogens is 552 g/mol. The van der Waals surface area contributed by atoms with Crippen LogP contribution in [0.1, 0.15) is 49.7 Å². The monoisotopic (exact) mass is 582 g/mol. The topological polar surface area (TPSA) is 128 Å². The average molecular weight is 583 g/mol. The highest BCUT2D eigenvalue weighted by molar-refractivity contribution is 7.90. The third kappa shape index (κ3) is 5.45. The fraction of sp³-hybridized carbons (Fsp3) is 0.367. The second kappa shape index (κ2) is 10.8. The van der Waals surface area contributed by atoms with Crippen molar-refractivity contribution in [2.75, 3.05) is 29.9 Å². The maximum Gasteiger partial charge on any atom is 0.256 e. The molecule has 2 saturated heterocycles. The molecule has 7 rings (SSSR count). The van der Waals surface area contributed by atoms with Crippen LogP contribution in [0.2, 0.25) is 0 Å². The molecule has 1 spiro atoms. The molecule has 6 heterocycles. The van der Waals surface area contributed by atoms with Gasteiger partial charge in [0.1, 0.15) is 11.6 Å². The van der Waals surface area contributed by atoms with Crippen LogP contribution in [0.5, 0.6) is 0 Å². The second-order valence-electron chi connectivity index (χ2n) is 10.9. The Balaban J connectivity index is 1.15. The highest BCUT2D eigenvalue weighted by atomic mass is 32.2. The standard InChI is InChI=1S/C30H30N8O3S/c39-42(40,25-6-7-25)38-21-24(20-34-38)29-32-13-8-27(36-29)35-28-17-26(37-14-10-30(11-15-37)9-2-16-41-30)23(19-33-28)5-4-22-3-1-12-31-18-22/h1,3,8,12-13,17-21,25H,2,6-7,9-11,14-16H2,(H,32,33,35,36). The van der Waals surface area contributed by atoms with Gasteiger partial charge in [0, 0.05) is 56.1 Å². The molecule has 1 saturated carbocycles. The number of hydrogen-bond acceptors (Lipinski definition) is 10. The molecule has 0 amide bonds. The summed E-state index contributed by atoms with van der Waals surface area (Å²) in [5.74, 6) is 8.03. The van der Waals surface area contributed by atoms with E-state index in [0.717, 1.165) is 66.3 Å². The molecule has 0 radical (unpaired) electrons. The Bertz CT molecular complexity index is 1760. The largest absolute Gasteiger partial charge is 0.375 e. The first-order chi connectivity index (χ1) is 20.5. The van der Waals surface area contributed by atoms with E-state index in [9.17, 15) is 8.42 Å². The summed E-state index contributed by atoms with van der Waals surface area (Å²) >= 11 is 0. The molecule has 1 N–H and O–H groups in total. The van der Waals surface area contributed by atoms with E-state index in [2.05, 4.69) is 47.1 Å². The van der Waals surface area contributed by atoms with Gasteiger partial charge in [-0.25, -0.2) is 23.4 Å². The molecule has 214 valence electrons. The van der Waals surface area contributed by atoms with Gasteiger partial charge in [-0.15, -0.1) is 0 Å². The Kier molecular flexibility index (Phi) is 6.84. The van der Waals surface area contributed by atoms with Crippen LogP contribution in [0.3, 0.4) is 0 Å². The molecule has 4 aromatic rings. The molecule has 0 atom stereocenters. The van der Waals surface area contributed by atoms with E-state index < -0.39 is 10.0 Å². The summed E-state index contributed by atoms with van der Waals surface area (Å²) in [6.07, 6.45) is 15.4. The SMILES string of the molecule is O=S(=O)(C1CC1)n1cc(-c2nccc(Nc3cc(N4CCC5(CCCO5)CC4)c(C#Cc4cccnc4)cn3)n2)cn1. The number of ether oxygens (including phenoxy) is 1. The first-order valence-electron chi connectivity index (χ1n) is 14.2. The fourth-order valence-corrected chi connectivity index (χ4v) is 7.00. The van der Waals surface area contributed by atoms with Gasteiger partial charge < -0.3 is 15.0 Å². The Labute approximate surface area is 244 Å². The van der Waals surface area contributed by atoms with Crippen LogP contribution in [0.25, 0.3) is 11.4 Å². The van der Waals surface area contributed by atoms with Crippen molar-refractivity contribution < 1.29 is 13.2 Å². The van der Waals surface area contributed by atoms with Gasteiger partial charge in [0.25, 0.3) is 10.0 Å². The van der Waals surface area contributed by atoms with Crippen molar-refractivity contribution >= 4 is 27.3 Å². The van der Waals surface area contributed by atoms with Gasteiger partial charge in [-0.2, -0.15) is 9.19 Å². The highest BCUT2D eigenvalue weighted by Gasteiger charge is 2.39. The number of nitrogens with zero attached hydrogens (tertiary/aromatic N) is 7. The molecule has 12 heteroatoms. The van der Waals surface area contributed by atoms with Gasteiger partial charge in [0.15, 0.2) is 5.82 Å². The maximum absolute atomic E-state index is 12.6. The molecule has 3 fully saturated rings. The maximum atomic E-state index is 12.6. The van der Waals surface area contributed by atoms with Gasteiger partial charge >= 0.3 is 0 Å². The van der Waals surface area contributed by atoms with Crippen LogP contribution in [0.4, 0.5) is 17.3 Å². The fourth-order valence-electron chi connectivity index (χ4n) is 5.53. The zero-order chi connectivity index (χ0) is 28.6. The van der Waals surface area contributed by atoms with E-state index in [0.29, 0.717) is 35.9 Å². The van der Waals surface area contributed by atoms with Crippen LogP contribution in [0.15, 0.2) is 61.4 Å². The first kappa shape index (κ1) is 26.6. The van der Waals surface area contributed by atoms with Gasteiger partial charge in [0.05, 0.1) is 40.1 Å². The number of aromatic nitrogens is 6. The Hall–Kier alpha value is -4.34. The van der Waals surface area contributed by atoms with Crippen molar-refractivity contribution in [3.8, 4) is 23.2 Å². The zero-order valence-corrected chi connectivity index (χ0v) is 23.8. The summed E-state index contributed by atoms with van der Waals surface area (Å²) in [4.78, 5) is 20.1. The van der Waals surface area contributed by atoms with E-state index in [1.165, 1.54) is 12.4 Å². The molecule has 0 unspecified atom stereocenters. The molecular formula is C30H30N8O3S. The van der Waals surface area contributed by atoms with Crippen molar-refractivity contribution in [1.82, 2.24) is 29.1 Å². The predicted molar refractivity (Wildman–Crippen MR) is 158 cm³/mol. The molecule has 3 aliphatic rings. The Morgan fingerprint density at radius 3 is 2.64 bits per heavy atom. The first-order valence-corrected chi connectivity index (χ1v) is 15.7. The summed E-state index contributed by atoms with van der Waals surface area (Å²) in [6.45, 7) is 2.59. The lowest BCUT2D eigenvalue weighted by molar-refractivity contribution is -0.0146. The number of nitrogens with one attached hydrogen (secondary N) is 1. The smallest absolute Gasteiger partial charge is 0.256 e. The van der Waals surface area contributed by atoms with Crippen molar-refractivity contribution in [3.63, 3.8) is 0 Å².